The number of methoxy groups -OCH3 is 1. The number of halogens is 1. The SMILES string of the molecule is CCCOc1ccc(-c2nn(-c3ccccc3)cc2/C=C2\SC(=S)N(CCc3ccc(OC)cc3)C2=O)cc1Cl. The van der Waals surface area contributed by atoms with Gasteiger partial charge in [0.25, 0.3) is 5.91 Å². The first-order chi connectivity index (χ1) is 19.5. The van der Waals surface area contributed by atoms with Crippen LogP contribution in [-0.2, 0) is 11.2 Å². The summed E-state index contributed by atoms with van der Waals surface area (Å²) >= 11 is 13.5. The summed E-state index contributed by atoms with van der Waals surface area (Å²) in [4.78, 5) is 15.6. The molecule has 1 saturated heterocycles. The van der Waals surface area contributed by atoms with E-state index >= 15 is 0 Å². The Balaban J connectivity index is 1.44. The summed E-state index contributed by atoms with van der Waals surface area (Å²) in [5.41, 5.74) is 4.33. The Kier molecular flexibility index (Phi) is 8.89. The molecule has 1 amide bonds. The zero-order chi connectivity index (χ0) is 28.1. The minimum atomic E-state index is -0.108. The predicted octanol–water partition coefficient (Wildman–Crippen LogP) is 7.43. The molecule has 0 bridgehead atoms. The van der Waals surface area contributed by atoms with E-state index in [1.165, 1.54) is 11.8 Å². The molecular weight excluding hydrogens is 562 g/mol. The lowest BCUT2D eigenvalue weighted by Gasteiger charge is -2.14. The van der Waals surface area contributed by atoms with Gasteiger partial charge in [0.15, 0.2) is 0 Å². The quantitative estimate of drug-likeness (QED) is 0.142. The van der Waals surface area contributed by atoms with Gasteiger partial charge in [-0.3, -0.25) is 9.69 Å². The molecule has 0 aliphatic carbocycles. The summed E-state index contributed by atoms with van der Waals surface area (Å²) in [6, 6.07) is 23.3. The van der Waals surface area contributed by atoms with E-state index in [1.807, 2.05) is 92.0 Å². The molecule has 1 fully saturated rings. The van der Waals surface area contributed by atoms with Gasteiger partial charge < -0.3 is 9.47 Å². The average Bonchev–Trinajstić information content (AvgIpc) is 3.52. The molecule has 0 radical (unpaired) electrons. The van der Waals surface area contributed by atoms with Crippen molar-refractivity contribution in [2.24, 2.45) is 0 Å². The maximum atomic E-state index is 13.4. The molecule has 0 spiro atoms. The lowest BCUT2D eigenvalue weighted by molar-refractivity contribution is -0.122. The minimum Gasteiger partial charge on any atom is -0.497 e. The summed E-state index contributed by atoms with van der Waals surface area (Å²) < 4.78 is 13.3. The van der Waals surface area contributed by atoms with Crippen molar-refractivity contribution in [3.8, 4) is 28.4 Å². The molecular formula is C31H28ClN3O3S2. The zero-order valence-electron chi connectivity index (χ0n) is 22.2. The van der Waals surface area contributed by atoms with Crippen molar-refractivity contribution in [2.45, 2.75) is 19.8 Å². The van der Waals surface area contributed by atoms with Crippen LogP contribution in [0.15, 0.2) is 83.9 Å². The third-order valence-electron chi connectivity index (χ3n) is 6.37. The third kappa shape index (κ3) is 6.25. The van der Waals surface area contributed by atoms with Crippen LogP contribution < -0.4 is 9.47 Å². The molecule has 6 nitrogen and oxygen atoms in total. The second kappa shape index (κ2) is 12.7. The fraction of sp³-hybridized carbons (Fsp3) is 0.194. The molecule has 1 aliphatic heterocycles. The maximum Gasteiger partial charge on any atom is 0.266 e. The molecule has 0 atom stereocenters. The van der Waals surface area contributed by atoms with Gasteiger partial charge in [-0.05, 0) is 66.9 Å². The van der Waals surface area contributed by atoms with E-state index < -0.39 is 0 Å². The molecule has 4 aromatic rings. The van der Waals surface area contributed by atoms with Crippen LogP contribution in [0.2, 0.25) is 5.02 Å². The largest absolute Gasteiger partial charge is 0.497 e. The highest BCUT2D eigenvalue weighted by molar-refractivity contribution is 8.26. The van der Waals surface area contributed by atoms with Crippen LogP contribution >= 0.6 is 35.6 Å². The second-order valence-corrected chi connectivity index (χ2v) is 11.2. The van der Waals surface area contributed by atoms with Gasteiger partial charge in [-0.25, -0.2) is 4.68 Å². The predicted molar refractivity (Wildman–Crippen MR) is 166 cm³/mol. The standard InChI is InChI=1S/C31H28ClN3O3S2/c1-3-17-38-27-14-11-22(18-26(27)32)29-23(20-35(33-29)24-7-5-4-6-8-24)19-28-30(36)34(31(39)40-28)16-15-21-9-12-25(37-2)13-10-21/h4-14,18-20H,3,15-17H2,1-2H3/b28-19-. The van der Waals surface area contributed by atoms with Gasteiger partial charge in [0.1, 0.15) is 21.5 Å². The number of ether oxygens (including phenoxy) is 2. The van der Waals surface area contributed by atoms with E-state index in [1.54, 1.807) is 16.7 Å². The Bertz CT molecular complexity index is 1550. The van der Waals surface area contributed by atoms with E-state index in [2.05, 4.69) is 0 Å². The number of thioether (sulfide) groups is 1. The third-order valence-corrected chi connectivity index (χ3v) is 8.05. The summed E-state index contributed by atoms with van der Waals surface area (Å²) in [6.45, 7) is 3.14. The molecule has 204 valence electrons. The van der Waals surface area contributed by atoms with Crippen molar-refractivity contribution >= 4 is 51.9 Å². The molecule has 0 unspecified atom stereocenters. The fourth-order valence-corrected chi connectivity index (χ4v) is 5.81. The lowest BCUT2D eigenvalue weighted by atomic mass is 10.1. The fourth-order valence-electron chi connectivity index (χ4n) is 4.27. The zero-order valence-corrected chi connectivity index (χ0v) is 24.6. The minimum absolute atomic E-state index is 0.108. The van der Waals surface area contributed by atoms with E-state index in [9.17, 15) is 4.79 Å². The summed E-state index contributed by atoms with van der Waals surface area (Å²) in [7, 11) is 1.64. The highest BCUT2D eigenvalue weighted by Gasteiger charge is 2.32. The van der Waals surface area contributed by atoms with Crippen molar-refractivity contribution < 1.29 is 14.3 Å². The van der Waals surface area contributed by atoms with Gasteiger partial charge >= 0.3 is 0 Å². The Hall–Kier alpha value is -3.59. The molecule has 0 saturated carbocycles. The maximum absolute atomic E-state index is 13.4. The number of amides is 1. The second-order valence-electron chi connectivity index (χ2n) is 9.14. The van der Waals surface area contributed by atoms with E-state index in [-0.39, 0.29) is 5.91 Å². The van der Waals surface area contributed by atoms with Gasteiger partial charge in [-0.2, -0.15) is 5.10 Å². The number of thiocarbonyl (C=S) groups is 1. The summed E-state index contributed by atoms with van der Waals surface area (Å²) in [5, 5.41) is 5.38. The summed E-state index contributed by atoms with van der Waals surface area (Å²) in [6.07, 6.45) is 5.36. The van der Waals surface area contributed by atoms with Crippen LogP contribution in [0.5, 0.6) is 11.5 Å². The Labute approximate surface area is 248 Å². The van der Waals surface area contributed by atoms with Crippen LogP contribution in [0.4, 0.5) is 0 Å². The molecule has 9 heteroatoms. The molecule has 0 N–H and O–H groups in total. The molecule has 5 rings (SSSR count). The van der Waals surface area contributed by atoms with Crippen LogP contribution in [0, 0.1) is 0 Å². The smallest absolute Gasteiger partial charge is 0.266 e. The number of hydrogen-bond acceptors (Lipinski definition) is 6. The van der Waals surface area contributed by atoms with Crippen molar-refractivity contribution in [1.82, 2.24) is 14.7 Å². The van der Waals surface area contributed by atoms with Crippen LogP contribution in [0.3, 0.4) is 0 Å². The van der Waals surface area contributed by atoms with Gasteiger partial charge in [0.05, 0.1) is 29.3 Å². The van der Waals surface area contributed by atoms with E-state index in [0.717, 1.165) is 34.5 Å². The highest BCUT2D eigenvalue weighted by atomic mass is 35.5. The highest BCUT2D eigenvalue weighted by Crippen LogP contribution is 2.36. The van der Waals surface area contributed by atoms with Crippen LogP contribution in [-0.4, -0.2) is 45.2 Å². The molecule has 40 heavy (non-hydrogen) atoms. The van der Waals surface area contributed by atoms with Crippen molar-refractivity contribution in [1.29, 1.82) is 0 Å². The van der Waals surface area contributed by atoms with Gasteiger partial charge in [0, 0.05) is 23.9 Å². The molecule has 2 heterocycles. The van der Waals surface area contributed by atoms with Crippen molar-refractivity contribution in [2.75, 3.05) is 20.3 Å². The Morgan fingerprint density at radius 3 is 2.55 bits per heavy atom. The number of carbonyl (C=O) groups is 1. The first-order valence-electron chi connectivity index (χ1n) is 12.9. The number of para-hydroxylation sites is 1. The van der Waals surface area contributed by atoms with Crippen LogP contribution in [0.25, 0.3) is 23.0 Å². The van der Waals surface area contributed by atoms with Gasteiger partial charge in [-0.1, -0.05) is 72.8 Å². The number of benzene rings is 3. The van der Waals surface area contributed by atoms with E-state index in [0.29, 0.717) is 45.3 Å². The number of rotatable bonds is 10. The molecule has 1 aliphatic rings. The average molecular weight is 590 g/mol. The normalized spacial score (nSPS) is 14.3. The Morgan fingerprint density at radius 1 is 1.07 bits per heavy atom. The summed E-state index contributed by atoms with van der Waals surface area (Å²) in [5.74, 6) is 1.32. The van der Waals surface area contributed by atoms with E-state index in [4.69, 9.17) is 38.4 Å². The molecule has 3 aromatic carbocycles. The Morgan fingerprint density at radius 2 is 1.85 bits per heavy atom. The first-order valence-corrected chi connectivity index (χ1v) is 14.5. The number of nitrogens with zero attached hydrogens (tertiary/aromatic N) is 3. The number of hydrogen-bond donors (Lipinski definition) is 0. The monoisotopic (exact) mass is 589 g/mol. The van der Waals surface area contributed by atoms with Gasteiger partial charge in [0.2, 0.25) is 0 Å². The number of aromatic nitrogens is 2. The lowest BCUT2D eigenvalue weighted by Crippen LogP contribution is -2.30. The van der Waals surface area contributed by atoms with Crippen LogP contribution in [0.1, 0.15) is 24.5 Å². The first kappa shape index (κ1) is 28.0. The number of carbonyl (C=O) groups excluding carboxylic acids is 1. The van der Waals surface area contributed by atoms with Crippen molar-refractivity contribution in [3.63, 3.8) is 0 Å². The molecule has 1 aromatic heterocycles. The van der Waals surface area contributed by atoms with Crippen molar-refractivity contribution in [3.05, 3.63) is 100 Å². The topological polar surface area (TPSA) is 56.6 Å². The van der Waals surface area contributed by atoms with Gasteiger partial charge in [-0.15, -0.1) is 0 Å².